The van der Waals surface area contributed by atoms with E-state index in [2.05, 4.69) is 15.8 Å². The number of amides is 2. The Hall–Kier alpha value is -2.79. The molecule has 3 aliphatic carbocycles. The summed E-state index contributed by atoms with van der Waals surface area (Å²) >= 11 is 5.70. The van der Waals surface area contributed by atoms with Gasteiger partial charge in [-0.3, -0.25) is 9.59 Å². The van der Waals surface area contributed by atoms with E-state index in [0.29, 0.717) is 25.7 Å². The third-order valence-electron chi connectivity index (χ3n) is 6.33. The van der Waals surface area contributed by atoms with Crippen molar-refractivity contribution in [3.8, 4) is 5.75 Å². The first-order chi connectivity index (χ1) is 15.6. The minimum Gasteiger partial charge on any atom is -0.484 e. The summed E-state index contributed by atoms with van der Waals surface area (Å²) in [5.74, 6) is -1.86. The summed E-state index contributed by atoms with van der Waals surface area (Å²) in [6.07, 6.45) is -1.93. The van der Waals surface area contributed by atoms with Crippen molar-refractivity contribution in [3.63, 3.8) is 0 Å². The predicted molar refractivity (Wildman–Crippen MR) is 109 cm³/mol. The van der Waals surface area contributed by atoms with E-state index in [0.717, 1.165) is 12.1 Å². The second-order valence-electron chi connectivity index (χ2n) is 8.44. The lowest BCUT2D eigenvalue weighted by atomic mass is 9.60. The van der Waals surface area contributed by atoms with E-state index in [4.69, 9.17) is 20.9 Å². The minimum atomic E-state index is -2.85. The Morgan fingerprint density at radius 2 is 1.97 bits per heavy atom. The molecule has 0 radical (unpaired) electrons. The molecule has 1 aromatic heterocycles. The van der Waals surface area contributed by atoms with Gasteiger partial charge in [0.05, 0.1) is 16.7 Å². The largest absolute Gasteiger partial charge is 0.484 e. The van der Waals surface area contributed by atoms with E-state index >= 15 is 0 Å². The highest BCUT2D eigenvalue weighted by Crippen LogP contribution is 2.47. The Bertz CT molecular complexity index is 1060. The van der Waals surface area contributed by atoms with Gasteiger partial charge in [-0.25, -0.2) is 13.2 Å². The average molecular weight is 488 g/mol. The summed E-state index contributed by atoms with van der Waals surface area (Å²) in [5.41, 5.74) is -2.25. The summed E-state index contributed by atoms with van der Waals surface area (Å²) in [6.45, 7) is -0.351. The molecule has 33 heavy (non-hydrogen) atoms. The van der Waals surface area contributed by atoms with Gasteiger partial charge in [-0.15, -0.1) is 0 Å². The van der Waals surface area contributed by atoms with Crippen LogP contribution in [0.4, 0.5) is 13.2 Å². The van der Waals surface area contributed by atoms with Crippen LogP contribution in [0.3, 0.4) is 0 Å². The molecule has 5 rings (SSSR count). The van der Waals surface area contributed by atoms with Gasteiger partial charge in [0.1, 0.15) is 11.6 Å². The normalized spacial score (nSPS) is 26.3. The van der Waals surface area contributed by atoms with Gasteiger partial charge in [0.15, 0.2) is 12.3 Å². The standard InChI is InChI=1S/C21H21ClF3N3O5/c22-12-7-11(1-2-13(12)23)32-10-17(30)26-21-5-3-20(4-6-21,9-16(21)29)27-19(31)15-8-14(18(24)25)28-33-15/h1-2,7-8,16,18,29H,3-6,9-10H2,(H,26,30)(H,27,31)/t16-,20?,21?/m0/s1. The van der Waals surface area contributed by atoms with E-state index in [1.807, 2.05) is 0 Å². The molecule has 8 nitrogen and oxygen atoms in total. The van der Waals surface area contributed by atoms with Gasteiger partial charge < -0.3 is 25.0 Å². The van der Waals surface area contributed by atoms with Gasteiger partial charge in [0.2, 0.25) is 5.76 Å². The highest BCUT2D eigenvalue weighted by Gasteiger charge is 2.55. The van der Waals surface area contributed by atoms with Crippen LogP contribution in [-0.2, 0) is 4.79 Å². The monoisotopic (exact) mass is 487 g/mol. The quantitative estimate of drug-likeness (QED) is 0.553. The lowest BCUT2D eigenvalue weighted by Crippen LogP contribution is -2.70. The topological polar surface area (TPSA) is 114 Å². The van der Waals surface area contributed by atoms with E-state index in [-0.39, 0.29) is 29.6 Å². The zero-order valence-electron chi connectivity index (χ0n) is 17.2. The van der Waals surface area contributed by atoms with Crippen molar-refractivity contribution >= 4 is 23.4 Å². The average Bonchev–Trinajstić information content (AvgIpc) is 3.27. The van der Waals surface area contributed by atoms with Crippen molar-refractivity contribution in [2.45, 2.75) is 55.7 Å². The van der Waals surface area contributed by atoms with Gasteiger partial charge >= 0.3 is 0 Å². The third-order valence-corrected chi connectivity index (χ3v) is 6.61. The van der Waals surface area contributed by atoms with Crippen LogP contribution in [0.5, 0.6) is 5.75 Å². The number of fused-ring (bicyclic) bond motifs is 3. The Morgan fingerprint density at radius 1 is 1.24 bits per heavy atom. The molecule has 2 amide bonds. The van der Waals surface area contributed by atoms with Crippen molar-refractivity contribution in [2.75, 3.05) is 6.61 Å². The Labute approximate surface area is 191 Å². The SMILES string of the molecule is O=C(COc1ccc(F)c(Cl)c1)NC12CCC(NC(=O)c3cc(C(F)F)no3)(CC1)C[C@@H]2O. The smallest absolute Gasteiger partial charge is 0.290 e. The molecular formula is C21H21ClF3N3O5. The van der Waals surface area contributed by atoms with E-state index in [1.165, 1.54) is 12.1 Å². The molecule has 3 N–H and O–H groups in total. The Kier molecular flexibility index (Phi) is 6.28. The number of benzene rings is 1. The number of alkyl halides is 2. The van der Waals surface area contributed by atoms with Crippen LogP contribution in [0.2, 0.25) is 5.02 Å². The van der Waals surface area contributed by atoms with Crippen LogP contribution in [0.1, 0.15) is 54.8 Å². The highest BCUT2D eigenvalue weighted by atomic mass is 35.5. The van der Waals surface area contributed by atoms with Crippen LogP contribution >= 0.6 is 11.6 Å². The van der Waals surface area contributed by atoms with Gasteiger partial charge in [-0.05, 0) is 44.2 Å². The number of ether oxygens (including phenoxy) is 1. The number of carbonyl (C=O) groups excluding carboxylic acids is 2. The lowest BCUT2D eigenvalue weighted by Gasteiger charge is -2.56. The first-order valence-electron chi connectivity index (χ1n) is 10.3. The molecule has 1 atom stereocenters. The van der Waals surface area contributed by atoms with Crippen molar-refractivity contribution in [1.82, 2.24) is 15.8 Å². The van der Waals surface area contributed by atoms with Gasteiger partial charge in [-0.2, -0.15) is 0 Å². The van der Waals surface area contributed by atoms with E-state index < -0.39 is 46.9 Å². The lowest BCUT2D eigenvalue weighted by molar-refractivity contribution is -0.132. The zero-order chi connectivity index (χ0) is 23.8. The molecule has 0 spiro atoms. The van der Waals surface area contributed by atoms with E-state index in [1.54, 1.807) is 0 Å². The number of aliphatic hydroxyl groups excluding tert-OH is 1. The molecule has 178 valence electrons. The van der Waals surface area contributed by atoms with Crippen LogP contribution in [-0.4, -0.2) is 45.9 Å². The fourth-order valence-electron chi connectivity index (χ4n) is 4.49. The predicted octanol–water partition coefficient (Wildman–Crippen LogP) is 3.15. The first-order valence-corrected chi connectivity index (χ1v) is 10.6. The summed E-state index contributed by atoms with van der Waals surface area (Å²) in [5, 5.41) is 19.4. The number of aliphatic hydroxyl groups is 1. The number of halogens is 4. The number of nitrogens with zero attached hydrogens (tertiary/aromatic N) is 1. The molecule has 0 unspecified atom stereocenters. The number of nitrogens with one attached hydrogen (secondary N) is 2. The van der Waals surface area contributed by atoms with Crippen molar-refractivity contribution in [2.24, 2.45) is 0 Å². The summed E-state index contributed by atoms with van der Waals surface area (Å²) in [4.78, 5) is 24.9. The summed E-state index contributed by atoms with van der Waals surface area (Å²) in [7, 11) is 0. The third kappa shape index (κ3) is 4.79. The Balaban J connectivity index is 1.34. The fourth-order valence-corrected chi connectivity index (χ4v) is 4.66. The molecule has 1 heterocycles. The molecule has 3 fully saturated rings. The second-order valence-corrected chi connectivity index (χ2v) is 8.85. The van der Waals surface area contributed by atoms with Crippen molar-refractivity contribution in [1.29, 1.82) is 0 Å². The molecule has 12 heteroatoms. The van der Waals surface area contributed by atoms with Crippen molar-refractivity contribution in [3.05, 3.63) is 46.6 Å². The maximum Gasteiger partial charge on any atom is 0.290 e. The van der Waals surface area contributed by atoms with Crippen molar-refractivity contribution < 1.29 is 37.1 Å². The molecule has 3 aliphatic rings. The van der Waals surface area contributed by atoms with Gasteiger partial charge in [0.25, 0.3) is 18.2 Å². The second kappa shape index (κ2) is 8.86. The summed E-state index contributed by atoms with van der Waals surface area (Å²) in [6, 6.07) is 4.62. The number of hydrogen-bond acceptors (Lipinski definition) is 6. The fraction of sp³-hybridized carbons (Fsp3) is 0.476. The number of rotatable bonds is 7. The molecule has 0 saturated heterocycles. The van der Waals surface area contributed by atoms with E-state index in [9.17, 15) is 27.9 Å². The Morgan fingerprint density at radius 3 is 2.58 bits per heavy atom. The number of aromatic nitrogens is 1. The molecule has 2 aromatic rings. The maximum absolute atomic E-state index is 13.2. The zero-order valence-corrected chi connectivity index (χ0v) is 18.0. The number of carbonyl (C=O) groups is 2. The van der Waals surface area contributed by atoms with Crippen LogP contribution < -0.4 is 15.4 Å². The van der Waals surface area contributed by atoms with Gasteiger partial charge in [-0.1, -0.05) is 16.8 Å². The van der Waals surface area contributed by atoms with Crippen LogP contribution in [0.25, 0.3) is 0 Å². The first kappa shape index (κ1) is 23.4. The minimum absolute atomic E-state index is 0.129. The van der Waals surface area contributed by atoms with Crippen LogP contribution in [0.15, 0.2) is 28.8 Å². The molecule has 3 saturated carbocycles. The van der Waals surface area contributed by atoms with Crippen LogP contribution in [0, 0.1) is 5.82 Å². The molecular weight excluding hydrogens is 467 g/mol. The summed E-state index contributed by atoms with van der Waals surface area (Å²) < 4.78 is 48.6. The highest BCUT2D eigenvalue weighted by molar-refractivity contribution is 6.30. The van der Waals surface area contributed by atoms with Gasteiger partial charge in [0, 0.05) is 17.7 Å². The molecule has 0 aliphatic heterocycles. The molecule has 2 bridgehead atoms. The molecule has 1 aromatic carbocycles. The number of hydrogen-bond donors (Lipinski definition) is 3. The maximum atomic E-state index is 13.2.